The topological polar surface area (TPSA) is 49.5 Å². The Bertz CT molecular complexity index is 5790. The fourth-order valence-corrected chi connectivity index (χ4v) is 17.6. The van der Waals surface area contributed by atoms with E-state index in [0.717, 1.165) is 158 Å². The van der Waals surface area contributed by atoms with Crippen LogP contribution >= 0.6 is 0 Å². The third kappa shape index (κ3) is 7.62. The molecule has 0 bridgehead atoms. The molecule has 10 heteroatoms. The van der Waals surface area contributed by atoms with E-state index in [9.17, 15) is 0 Å². The van der Waals surface area contributed by atoms with E-state index in [0.29, 0.717) is 0 Å². The van der Waals surface area contributed by atoms with Crippen LogP contribution in [-0.2, 0) is 10.8 Å². The number of hydrogen-bond acceptors (Lipinski definition) is 7. The summed E-state index contributed by atoms with van der Waals surface area (Å²) >= 11 is 0. The van der Waals surface area contributed by atoms with Gasteiger partial charge in [0, 0.05) is 97.1 Å². The van der Waals surface area contributed by atoms with Crippen molar-refractivity contribution >= 4 is 136 Å². The molecule has 462 valence electrons. The summed E-state index contributed by atoms with van der Waals surface area (Å²) in [6.45, 7) is 8.83. The molecule has 0 unspecified atom stereocenters. The first kappa shape index (κ1) is 55.2. The zero-order chi connectivity index (χ0) is 64.9. The number of anilines is 12. The van der Waals surface area contributed by atoms with Crippen LogP contribution in [0.25, 0.3) is 38.8 Å². The number of ether oxygens (including phenoxy) is 2. The van der Waals surface area contributed by atoms with Gasteiger partial charge in [-0.05, 0) is 123 Å². The summed E-state index contributed by atoms with van der Waals surface area (Å²) in [5.74, 6) is 3.99. The number of para-hydroxylation sites is 8. The van der Waals surface area contributed by atoms with Crippen LogP contribution in [0.1, 0.15) is 49.9 Å². The van der Waals surface area contributed by atoms with E-state index in [1.165, 1.54) is 27.7 Å². The number of fused-ring (bicyclic) bond motifs is 15. The predicted molar refractivity (Wildman–Crippen MR) is 404 cm³/mol. The zero-order valence-corrected chi connectivity index (χ0v) is 54.4. The Morgan fingerprint density at radius 3 is 1.14 bits per heavy atom. The summed E-state index contributed by atoms with van der Waals surface area (Å²) in [6, 6.07) is 109. The molecule has 8 nitrogen and oxygen atoms in total. The van der Waals surface area contributed by atoms with Crippen molar-refractivity contribution < 1.29 is 13.9 Å². The molecule has 8 heterocycles. The van der Waals surface area contributed by atoms with E-state index in [-0.39, 0.29) is 24.3 Å². The van der Waals surface area contributed by atoms with Crippen LogP contribution < -0.4 is 62.0 Å². The van der Waals surface area contributed by atoms with Gasteiger partial charge in [-0.15, -0.1) is 0 Å². The van der Waals surface area contributed by atoms with Crippen LogP contribution in [0, 0.1) is 0 Å². The van der Waals surface area contributed by atoms with Gasteiger partial charge >= 0.3 is 6.71 Å². The SMILES string of the molecule is CC1(C)c2ccccc2N(c2cc3c4c(c2)N(c2ccccc2)c2ccccc2B4c2cc4c5cc6c(cc5n(-c5ccccc5)c4cc2O3)Oc2cc(N3c4ccccc4C(C)(C)c4ccccc43)cc3c2B6c2oc(-c4ccccc4)cc2N3c2ccccc2)c2ccccc21. The minimum atomic E-state index is -0.367. The highest BCUT2D eigenvalue weighted by molar-refractivity contribution is 7.00. The summed E-state index contributed by atoms with van der Waals surface area (Å²) in [4.78, 5) is 9.76. The van der Waals surface area contributed by atoms with Crippen molar-refractivity contribution in [2.24, 2.45) is 0 Å². The molecule has 0 aliphatic carbocycles. The van der Waals surface area contributed by atoms with Gasteiger partial charge in [-0.3, -0.25) is 0 Å². The first-order chi connectivity index (χ1) is 48.1. The minimum absolute atomic E-state index is 0.188. The molecule has 0 atom stereocenters. The molecule has 13 aromatic carbocycles. The maximum Gasteiger partial charge on any atom is 0.301 e. The second-order valence-corrected chi connectivity index (χ2v) is 27.9. The van der Waals surface area contributed by atoms with Crippen molar-refractivity contribution in [2.45, 2.75) is 38.5 Å². The first-order valence-corrected chi connectivity index (χ1v) is 34.0. The summed E-state index contributed by atoms with van der Waals surface area (Å²) in [7, 11) is 0. The van der Waals surface area contributed by atoms with Crippen molar-refractivity contribution in [2.75, 3.05) is 19.6 Å². The number of hydrogen-bond donors (Lipinski definition) is 0. The molecular formula is C88H61B2N5O3. The third-order valence-corrected chi connectivity index (χ3v) is 22.0. The second-order valence-electron chi connectivity index (χ2n) is 27.9. The molecular weight excluding hydrogens is 1200 g/mol. The Hall–Kier alpha value is -12.1. The molecule has 2 aromatic heterocycles. The van der Waals surface area contributed by atoms with Gasteiger partial charge in [0.2, 0.25) is 0 Å². The third-order valence-electron chi connectivity index (χ3n) is 22.0. The smallest absolute Gasteiger partial charge is 0.301 e. The van der Waals surface area contributed by atoms with Gasteiger partial charge < -0.3 is 38.1 Å². The van der Waals surface area contributed by atoms with Gasteiger partial charge in [0.05, 0.1) is 56.5 Å². The Balaban J connectivity index is 0.815. The fourth-order valence-electron chi connectivity index (χ4n) is 17.6. The Morgan fingerprint density at radius 1 is 0.286 bits per heavy atom. The van der Waals surface area contributed by atoms with Crippen molar-refractivity contribution in [3.63, 3.8) is 0 Å². The number of rotatable bonds is 6. The summed E-state index contributed by atoms with van der Waals surface area (Å²) in [6.07, 6.45) is 0. The van der Waals surface area contributed by atoms with Gasteiger partial charge in [0.25, 0.3) is 6.71 Å². The van der Waals surface area contributed by atoms with Crippen LogP contribution in [0.5, 0.6) is 23.0 Å². The van der Waals surface area contributed by atoms with Gasteiger partial charge in [-0.2, -0.15) is 0 Å². The van der Waals surface area contributed by atoms with Crippen molar-refractivity contribution in [3.8, 4) is 40.0 Å². The van der Waals surface area contributed by atoms with Crippen LogP contribution in [0.2, 0.25) is 0 Å². The molecule has 15 aromatic rings. The van der Waals surface area contributed by atoms with Crippen LogP contribution in [0.15, 0.2) is 302 Å². The lowest BCUT2D eigenvalue weighted by atomic mass is 9.34. The van der Waals surface area contributed by atoms with Gasteiger partial charge in [-0.25, -0.2) is 0 Å². The molecule has 0 radical (unpaired) electrons. The molecule has 6 aliphatic heterocycles. The maximum absolute atomic E-state index is 7.72. The highest BCUT2D eigenvalue weighted by Crippen LogP contribution is 2.57. The summed E-state index contributed by atoms with van der Waals surface area (Å²) < 4.78 is 25.3. The Kier molecular flexibility index (Phi) is 11.4. The monoisotopic (exact) mass is 1260 g/mol. The number of nitrogens with zero attached hydrogens (tertiary/aromatic N) is 5. The van der Waals surface area contributed by atoms with Crippen LogP contribution in [0.3, 0.4) is 0 Å². The molecule has 0 saturated heterocycles. The van der Waals surface area contributed by atoms with Crippen molar-refractivity contribution in [1.82, 2.24) is 4.57 Å². The highest BCUT2D eigenvalue weighted by Gasteiger charge is 2.49. The molecule has 0 N–H and O–H groups in total. The molecule has 0 spiro atoms. The Morgan fingerprint density at radius 2 is 0.663 bits per heavy atom. The maximum atomic E-state index is 7.72. The van der Waals surface area contributed by atoms with E-state index in [4.69, 9.17) is 13.9 Å². The van der Waals surface area contributed by atoms with Crippen molar-refractivity contribution in [1.29, 1.82) is 0 Å². The summed E-state index contributed by atoms with van der Waals surface area (Å²) in [5.41, 5.74) is 28.0. The van der Waals surface area contributed by atoms with Gasteiger partial charge in [0.1, 0.15) is 28.8 Å². The molecule has 0 saturated carbocycles. The largest absolute Gasteiger partial charge is 0.468 e. The lowest BCUT2D eigenvalue weighted by molar-refractivity contribution is 0.487. The van der Waals surface area contributed by atoms with E-state index >= 15 is 0 Å². The molecule has 98 heavy (non-hydrogen) atoms. The minimum Gasteiger partial charge on any atom is -0.468 e. The average molecular weight is 1260 g/mol. The lowest BCUT2D eigenvalue weighted by Crippen LogP contribution is -2.59. The quantitative estimate of drug-likeness (QED) is 0.154. The molecule has 6 aliphatic rings. The highest BCUT2D eigenvalue weighted by atomic mass is 16.5. The van der Waals surface area contributed by atoms with Crippen LogP contribution in [-0.4, -0.2) is 18.0 Å². The van der Waals surface area contributed by atoms with Crippen molar-refractivity contribution in [3.05, 3.63) is 320 Å². The Labute approximate surface area is 569 Å². The lowest BCUT2D eigenvalue weighted by Gasteiger charge is -2.44. The fraction of sp³-hybridized carbons (Fsp3) is 0.0682. The average Bonchev–Trinajstić information content (AvgIpc) is 1.27. The normalized spacial score (nSPS) is 14.9. The second kappa shape index (κ2) is 20.2. The number of furan rings is 1. The van der Waals surface area contributed by atoms with E-state index in [1.807, 2.05) is 0 Å². The molecule has 0 fully saturated rings. The van der Waals surface area contributed by atoms with E-state index in [2.05, 4.69) is 349 Å². The van der Waals surface area contributed by atoms with E-state index < -0.39 is 0 Å². The molecule has 21 rings (SSSR count). The van der Waals surface area contributed by atoms with E-state index in [1.54, 1.807) is 0 Å². The first-order valence-electron chi connectivity index (χ1n) is 34.0. The van der Waals surface area contributed by atoms with Gasteiger partial charge in [-0.1, -0.05) is 216 Å². The standard InChI is InChI=1S/C88H61B2N5O3/c1-87(2)62-35-17-22-40-69(62)94(70-41-23-18-36-63(70)87)58-45-76-84-82(47-58)96-80-51-74-60(49-67(80)89(84)66-39-21-26-44-73(66)91(76)55-29-11-6-12-30-55)61-50-68-81(52-75(61)92(74)56-31-13-7-14-32-56)97-83-48-59(95-71-42-24-19-37-64(71)88(3,4)65-38-20-25-43-72(65)95)46-77-85(83)90(68)86-78(93(77)57-33-15-8-16-34-57)53-79(98-86)54-27-9-5-10-28-54/h5-53H,1-4H3. The number of benzene rings is 13. The summed E-state index contributed by atoms with van der Waals surface area (Å²) in [5, 5.41) is 2.21. The predicted octanol–water partition coefficient (Wildman–Crippen LogP) is 19.1. The van der Waals surface area contributed by atoms with Crippen LogP contribution in [0.4, 0.5) is 68.2 Å². The number of aromatic nitrogens is 1. The zero-order valence-electron chi connectivity index (χ0n) is 54.4. The molecule has 0 amide bonds. The van der Waals surface area contributed by atoms with Gasteiger partial charge in [0.15, 0.2) is 0 Å².